The average Bonchev–Trinajstić information content (AvgIpc) is 3.07. The molecule has 1 fully saturated rings. The highest BCUT2D eigenvalue weighted by molar-refractivity contribution is 5.82. The predicted octanol–water partition coefficient (Wildman–Crippen LogP) is 2.42. The Morgan fingerprint density at radius 1 is 1.16 bits per heavy atom. The Morgan fingerprint density at radius 3 is 2.64 bits per heavy atom. The summed E-state index contributed by atoms with van der Waals surface area (Å²) in [6.45, 7) is 1.04. The van der Waals surface area contributed by atoms with E-state index in [1.165, 1.54) is 17.7 Å². The van der Waals surface area contributed by atoms with E-state index in [4.69, 9.17) is 10.5 Å². The molecule has 0 aliphatic carbocycles. The van der Waals surface area contributed by atoms with Crippen molar-refractivity contribution < 1.29 is 13.9 Å². The zero-order valence-corrected chi connectivity index (χ0v) is 13.9. The second-order valence-corrected chi connectivity index (χ2v) is 6.75. The molecule has 1 saturated heterocycles. The second kappa shape index (κ2) is 6.58. The first-order chi connectivity index (χ1) is 12.1. The Kier molecular flexibility index (Phi) is 4.27. The van der Waals surface area contributed by atoms with Gasteiger partial charge in [-0.25, -0.2) is 4.39 Å². The van der Waals surface area contributed by atoms with Crippen LogP contribution in [0.5, 0.6) is 0 Å². The van der Waals surface area contributed by atoms with Crippen LogP contribution >= 0.6 is 0 Å². The molecular formula is C20H21FN2O2. The van der Waals surface area contributed by atoms with E-state index in [1.807, 2.05) is 23.1 Å². The maximum Gasteiger partial charge on any atom is 0.252 e. The molecule has 3 atom stereocenters. The van der Waals surface area contributed by atoms with E-state index < -0.39 is 6.10 Å². The van der Waals surface area contributed by atoms with Gasteiger partial charge in [-0.2, -0.15) is 0 Å². The molecule has 0 bridgehead atoms. The van der Waals surface area contributed by atoms with Crippen molar-refractivity contribution in [3.8, 4) is 0 Å². The number of rotatable bonds is 2. The SMILES string of the molecule is N[C@@H]1CO[C@@H](C(=O)N2CCc3ccccc3[C@@H]2c2ccc(F)cc2)C1. The topological polar surface area (TPSA) is 55.6 Å². The lowest BCUT2D eigenvalue weighted by atomic mass is 9.87. The van der Waals surface area contributed by atoms with E-state index >= 15 is 0 Å². The molecule has 25 heavy (non-hydrogen) atoms. The van der Waals surface area contributed by atoms with Gasteiger partial charge < -0.3 is 15.4 Å². The van der Waals surface area contributed by atoms with Crippen molar-refractivity contribution in [2.45, 2.75) is 31.0 Å². The second-order valence-electron chi connectivity index (χ2n) is 6.75. The van der Waals surface area contributed by atoms with Crippen LogP contribution in [0.15, 0.2) is 48.5 Å². The van der Waals surface area contributed by atoms with Gasteiger partial charge in [-0.15, -0.1) is 0 Å². The van der Waals surface area contributed by atoms with Crippen molar-refractivity contribution in [3.63, 3.8) is 0 Å². The molecule has 0 aromatic heterocycles. The molecule has 130 valence electrons. The molecule has 0 spiro atoms. The molecule has 0 saturated carbocycles. The van der Waals surface area contributed by atoms with Crippen molar-refractivity contribution in [3.05, 3.63) is 71.0 Å². The normalized spacial score (nSPS) is 25.7. The monoisotopic (exact) mass is 340 g/mol. The summed E-state index contributed by atoms with van der Waals surface area (Å²) in [6, 6.07) is 14.2. The van der Waals surface area contributed by atoms with Crippen molar-refractivity contribution in [1.82, 2.24) is 4.90 Å². The van der Waals surface area contributed by atoms with Crippen molar-refractivity contribution in [2.75, 3.05) is 13.2 Å². The first-order valence-electron chi connectivity index (χ1n) is 8.64. The lowest BCUT2D eigenvalue weighted by molar-refractivity contribution is -0.143. The van der Waals surface area contributed by atoms with Gasteiger partial charge in [-0.1, -0.05) is 36.4 Å². The number of nitrogens with two attached hydrogens (primary N) is 1. The number of halogens is 1. The van der Waals surface area contributed by atoms with E-state index in [0.717, 1.165) is 17.5 Å². The molecule has 1 amide bonds. The number of fused-ring (bicyclic) bond motifs is 1. The third-order valence-electron chi connectivity index (χ3n) is 5.06. The first kappa shape index (κ1) is 16.2. The fourth-order valence-corrected chi connectivity index (χ4v) is 3.82. The smallest absolute Gasteiger partial charge is 0.252 e. The lowest BCUT2D eigenvalue weighted by Gasteiger charge is -2.39. The summed E-state index contributed by atoms with van der Waals surface area (Å²) in [5.41, 5.74) is 9.12. The standard InChI is InChI=1S/C20H21FN2O2/c21-15-7-5-14(6-8-15)19-17-4-2-1-3-13(17)9-10-23(19)20(24)18-11-16(22)12-25-18/h1-8,16,18-19H,9-12,22H2/t16-,18+,19-/m0/s1. The molecule has 4 nitrogen and oxygen atoms in total. The number of amides is 1. The highest BCUT2D eigenvalue weighted by Gasteiger charge is 2.38. The fourth-order valence-electron chi connectivity index (χ4n) is 3.82. The van der Waals surface area contributed by atoms with Crippen LogP contribution in [0.2, 0.25) is 0 Å². The van der Waals surface area contributed by atoms with Gasteiger partial charge in [0.25, 0.3) is 5.91 Å². The van der Waals surface area contributed by atoms with Gasteiger partial charge in [0.05, 0.1) is 12.6 Å². The zero-order valence-electron chi connectivity index (χ0n) is 13.9. The van der Waals surface area contributed by atoms with Crippen molar-refractivity contribution in [1.29, 1.82) is 0 Å². The quantitative estimate of drug-likeness (QED) is 0.913. The van der Waals surface area contributed by atoms with Crippen LogP contribution in [0, 0.1) is 5.82 Å². The van der Waals surface area contributed by atoms with Gasteiger partial charge in [0.2, 0.25) is 0 Å². The molecule has 2 aliphatic rings. The van der Waals surface area contributed by atoms with Crippen LogP contribution in [0.4, 0.5) is 4.39 Å². The van der Waals surface area contributed by atoms with Gasteiger partial charge in [0, 0.05) is 12.6 Å². The molecule has 2 aromatic rings. The molecule has 4 rings (SSSR count). The fraction of sp³-hybridized carbons (Fsp3) is 0.350. The third kappa shape index (κ3) is 3.05. The van der Waals surface area contributed by atoms with Crippen LogP contribution in [0.1, 0.15) is 29.2 Å². The molecule has 2 aromatic carbocycles. The molecule has 2 N–H and O–H groups in total. The zero-order chi connectivity index (χ0) is 17.4. The first-order valence-corrected chi connectivity index (χ1v) is 8.64. The Bertz CT molecular complexity index is 778. The summed E-state index contributed by atoms with van der Waals surface area (Å²) in [6.07, 6.45) is 0.870. The van der Waals surface area contributed by atoms with Crippen LogP contribution in [0.3, 0.4) is 0 Å². The van der Waals surface area contributed by atoms with Gasteiger partial charge in [0.15, 0.2) is 0 Å². The Hall–Kier alpha value is -2.24. The average molecular weight is 340 g/mol. The number of benzene rings is 2. The van der Waals surface area contributed by atoms with Gasteiger partial charge in [-0.05, 0) is 41.7 Å². The molecule has 0 unspecified atom stereocenters. The van der Waals surface area contributed by atoms with E-state index in [2.05, 4.69) is 6.07 Å². The number of hydrogen-bond acceptors (Lipinski definition) is 3. The lowest BCUT2D eigenvalue weighted by Crippen LogP contribution is -2.45. The van der Waals surface area contributed by atoms with Gasteiger partial charge in [0.1, 0.15) is 11.9 Å². The van der Waals surface area contributed by atoms with E-state index in [0.29, 0.717) is 19.6 Å². The van der Waals surface area contributed by atoms with E-state index in [9.17, 15) is 9.18 Å². The molecular weight excluding hydrogens is 319 g/mol. The number of hydrogen-bond donors (Lipinski definition) is 1. The number of carbonyl (C=O) groups excluding carboxylic acids is 1. The third-order valence-corrected chi connectivity index (χ3v) is 5.06. The summed E-state index contributed by atoms with van der Waals surface area (Å²) in [5.74, 6) is -0.312. The van der Waals surface area contributed by atoms with Crippen molar-refractivity contribution >= 4 is 5.91 Å². The van der Waals surface area contributed by atoms with Gasteiger partial charge in [-0.3, -0.25) is 4.79 Å². The predicted molar refractivity (Wildman–Crippen MR) is 92.4 cm³/mol. The molecule has 0 radical (unpaired) electrons. The summed E-state index contributed by atoms with van der Waals surface area (Å²) >= 11 is 0. The van der Waals surface area contributed by atoms with Crippen molar-refractivity contribution in [2.24, 2.45) is 5.73 Å². The van der Waals surface area contributed by atoms with Crippen LogP contribution in [0.25, 0.3) is 0 Å². The summed E-state index contributed by atoms with van der Waals surface area (Å²) in [5, 5.41) is 0. The molecule has 5 heteroatoms. The van der Waals surface area contributed by atoms with Crippen LogP contribution in [-0.4, -0.2) is 36.1 Å². The van der Waals surface area contributed by atoms with Gasteiger partial charge >= 0.3 is 0 Å². The minimum absolute atomic E-state index is 0.0308. The number of carbonyl (C=O) groups is 1. The van der Waals surface area contributed by atoms with Crippen LogP contribution < -0.4 is 5.73 Å². The highest BCUT2D eigenvalue weighted by Crippen LogP contribution is 2.36. The number of ether oxygens (including phenoxy) is 1. The Morgan fingerprint density at radius 2 is 1.92 bits per heavy atom. The molecule has 2 aliphatic heterocycles. The number of nitrogens with zero attached hydrogens (tertiary/aromatic N) is 1. The Labute approximate surface area is 146 Å². The maximum absolute atomic E-state index is 13.4. The summed E-state index contributed by atoms with van der Waals surface area (Å²) < 4.78 is 19.0. The highest BCUT2D eigenvalue weighted by atomic mass is 19.1. The minimum atomic E-state index is -0.483. The summed E-state index contributed by atoms with van der Waals surface area (Å²) in [4.78, 5) is 14.9. The van der Waals surface area contributed by atoms with E-state index in [1.54, 1.807) is 12.1 Å². The maximum atomic E-state index is 13.4. The van der Waals surface area contributed by atoms with E-state index in [-0.39, 0.29) is 23.8 Å². The summed E-state index contributed by atoms with van der Waals surface area (Å²) in [7, 11) is 0. The minimum Gasteiger partial charge on any atom is -0.367 e. The largest absolute Gasteiger partial charge is 0.367 e. The van der Waals surface area contributed by atoms with Crippen LogP contribution in [-0.2, 0) is 16.0 Å². The Balaban J connectivity index is 1.72. The molecule has 2 heterocycles.